The molecule has 1 radical (unpaired) electrons. The number of rotatable bonds is 2. The van der Waals surface area contributed by atoms with Crippen molar-refractivity contribution >= 4 is 0 Å². The Morgan fingerprint density at radius 2 is 1.38 bits per heavy atom. The van der Waals surface area contributed by atoms with Crippen LogP contribution in [0.1, 0.15) is 16.9 Å². The summed E-state index contributed by atoms with van der Waals surface area (Å²) in [5.41, 5.74) is 5.85. The number of aryl methyl sites for hydroxylation is 3. The third-order valence-corrected chi connectivity index (χ3v) is 4.99. The van der Waals surface area contributed by atoms with Crippen LogP contribution >= 0.6 is 0 Å². The summed E-state index contributed by atoms with van der Waals surface area (Å²) in [4.78, 5) is 23.4. The predicted octanol–water partition coefficient (Wildman–Crippen LogP) is 5.09. The topological polar surface area (TPSA) is 93.0 Å². The molecule has 0 bridgehead atoms. The Hall–Kier alpha value is -4.16. The molecular weight excluding hydrogens is 553 g/mol. The van der Waals surface area contributed by atoms with E-state index in [-0.39, 0.29) is 31.0 Å². The van der Waals surface area contributed by atoms with E-state index in [0.717, 1.165) is 22.8 Å². The minimum absolute atomic E-state index is 0. The molecule has 0 atom stereocenters. The molecule has 0 aliphatic carbocycles. The number of hydrogen-bond acceptors (Lipinski definition) is 6. The van der Waals surface area contributed by atoms with Crippen LogP contribution in [0.2, 0.25) is 0 Å². The Labute approximate surface area is 229 Å². The van der Waals surface area contributed by atoms with Crippen molar-refractivity contribution in [1.82, 2.24) is 15.0 Å². The first kappa shape index (κ1) is 29.1. The van der Waals surface area contributed by atoms with Crippen LogP contribution in [-0.2, 0) is 19.5 Å². The molecule has 1 N–H and O–H groups in total. The van der Waals surface area contributed by atoms with Crippen molar-refractivity contribution in [1.29, 1.82) is 0 Å². The van der Waals surface area contributed by atoms with E-state index in [1.54, 1.807) is 6.20 Å². The van der Waals surface area contributed by atoms with Crippen LogP contribution < -0.4 is 10.00 Å². The van der Waals surface area contributed by atoms with Crippen LogP contribution in [0.15, 0.2) is 107 Å². The maximum Gasteiger partial charge on any atom is 1.00 e. The summed E-state index contributed by atoms with van der Waals surface area (Å²) in [6.45, 7) is 5.64. The van der Waals surface area contributed by atoms with Gasteiger partial charge >= 0.3 is 19.5 Å². The molecule has 7 nitrogen and oxygen atoms in total. The van der Waals surface area contributed by atoms with Gasteiger partial charge in [0.15, 0.2) is 0 Å². The van der Waals surface area contributed by atoms with E-state index < -0.39 is 5.43 Å². The van der Waals surface area contributed by atoms with Gasteiger partial charge in [-0.25, -0.2) is 0 Å². The molecular formula is C29H28N4O3Ru+. The third kappa shape index (κ3) is 8.78. The molecule has 0 unspecified atom stereocenters. The zero-order valence-corrected chi connectivity index (χ0v) is 22.6. The second kappa shape index (κ2) is 14.4. The fourth-order valence-corrected chi connectivity index (χ4v) is 3.08. The van der Waals surface area contributed by atoms with E-state index in [9.17, 15) is 4.79 Å². The fraction of sp³-hybridized carbons (Fsp3) is 0.103. The molecule has 0 amide bonds. The maximum absolute atomic E-state index is 10.5. The monoisotopic (exact) mass is 582 g/mol. The van der Waals surface area contributed by atoms with Crippen molar-refractivity contribution < 1.29 is 33.6 Å². The van der Waals surface area contributed by atoms with Crippen LogP contribution in [-0.4, -0.2) is 20.1 Å². The molecule has 0 aromatic carbocycles. The second-order valence-electron chi connectivity index (χ2n) is 7.90. The predicted molar refractivity (Wildman–Crippen MR) is 139 cm³/mol. The van der Waals surface area contributed by atoms with Crippen molar-refractivity contribution in [2.75, 3.05) is 0 Å². The summed E-state index contributed by atoms with van der Waals surface area (Å²) in [5, 5.41) is 8.80. The summed E-state index contributed by atoms with van der Waals surface area (Å²) >= 11 is 0. The minimum atomic E-state index is -0.404. The summed E-state index contributed by atoms with van der Waals surface area (Å²) in [7, 11) is 3.87. The van der Waals surface area contributed by atoms with Gasteiger partial charge in [-0.05, 0) is 74.4 Å². The Morgan fingerprint density at radius 1 is 0.784 bits per heavy atom. The zero-order valence-electron chi connectivity index (χ0n) is 20.9. The third-order valence-electron chi connectivity index (χ3n) is 4.99. The van der Waals surface area contributed by atoms with Crippen LogP contribution in [0, 0.1) is 27.8 Å². The van der Waals surface area contributed by atoms with Crippen LogP contribution in [0.4, 0.5) is 0 Å². The smallest absolute Gasteiger partial charge is 0.502 e. The van der Waals surface area contributed by atoms with E-state index >= 15 is 0 Å². The molecule has 0 saturated carbocycles. The minimum Gasteiger partial charge on any atom is -0.502 e. The summed E-state index contributed by atoms with van der Waals surface area (Å²) in [6.07, 6.45) is 8.56. The summed E-state index contributed by atoms with van der Waals surface area (Å²) in [5.74, 6) is -0.0556. The van der Waals surface area contributed by atoms with Gasteiger partial charge in [0.2, 0.25) is 11.2 Å². The van der Waals surface area contributed by atoms with Crippen molar-refractivity contribution in [3.05, 3.63) is 132 Å². The zero-order chi connectivity index (χ0) is 25.9. The molecule has 0 saturated heterocycles. The van der Waals surface area contributed by atoms with E-state index in [1.165, 1.54) is 30.4 Å². The van der Waals surface area contributed by atoms with Gasteiger partial charge in [-0.15, -0.1) is 0 Å². The molecule has 0 aliphatic heterocycles. The number of nitrogens with zero attached hydrogens (tertiary/aromatic N) is 4. The van der Waals surface area contributed by atoms with Gasteiger partial charge in [-0.2, -0.15) is 0 Å². The molecule has 5 aromatic rings. The van der Waals surface area contributed by atoms with Gasteiger partial charge in [0.25, 0.3) is 0 Å². The fourth-order valence-electron chi connectivity index (χ4n) is 3.08. The maximum atomic E-state index is 10.5. The SMILES string of the molecule is Cc1ccnc(-c2cc(C)ccn2)c1.Cc1occc(=O)c1O.[CH2-][n+]1ccccc1-c1ccccn1.[Ru+]. The summed E-state index contributed by atoms with van der Waals surface area (Å²) in [6, 6.07) is 21.0. The Kier molecular flexibility index (Phi) is 11.3. The number of aromatic hydroxyl groups is 1. The molecule has 5 aromatic heterocycles. The Balaban J connectivity index is 0.000000197. The van der Waals surface area contributed by atoms with Crippen molar-refractivity contribution in [3.8, 4) is 28.5 Å². The molecule has 0 fully saturated rings. The normalized spacial score (nSPS) is 9.59. The van der Waals surface area contributed by atoms with E-state index in [4.69, 9.17) is 5.11 Å². The van der Waals surface area contributed by atoms with E-state index in [1.807, 2.05) is 83.8 Å². The molecule has 0 aliphatic rings. The number of hydrogen-bond donors (Lipinski definition) is 1. The average molecular weight is 582 g/mol. The Morgan fingerprint density at radius 3 is 1.86 bits per heavy atom. The number of pyridine rings is 4. The largest absolute Gasteiger partial charge is 1.00 e. The summed E-state index contributed by atoms with van der Waals surface area (Å²) < 4.78 is 6.50. The van der Waals surface area contributed by atoms with Gasteiger partial charge in [0.05, 0.1) is 29.5 Å². The van der Waals surface area contributed by atoms with Crippen molar-refractivity contribution in [3.63, 3.8) is 0 Å². The first-order valence-corrected chi connectivity index (χ1v) is 11.2. The quantitative estimate of drug-likeness (QED) is 0.177. The first-order valence-electron chi connectivity index (χ1n) is 11.2. The molecule has 8 heteroatoms. The first-order chi connectivity index (χ1) is 17.3. The van der Waals surface area contributed by atoms with E-state index in [0.29, 0.717) is 0 Å². The molecule has 37 heavy (non-hydrogen) atoms. The van der Waals surface area contributed by atoms with Crippen molar-refractivity contribution in [2.24, 2.45) is 0 Å². The van der Waals surface area contributed by atoms with Gasteiger partial charge < -0.3 is 14.1 Å². The van der Waals surface area contributed by atoms with Crippen LogP contribution in [0.3, 0.4) is 0 Å². The van der Waals surface area contributed by atoms with Crippen LogP contribution in [0.5, 0.6) is 5.75 Å². The molecule has 5 rings (SSSR count). The van der Waals surface area contributed by atoms with Gasteiger partial charge in [0, 0.05) is 31.7 Å². The molecule has 5 heterocycles. The van der Waals surface area contributed by atoms with E-state index in [2.05, 4.69) is 40.3 Å². The van der Waals surface area contributed by atoms with Gasteiger partial charge in [0.1, 0.15) is 11.5 Å². The van der Waals surface area contributed by atoms with Gasteiger partial charge in [-0.1, -0.05) is 18.2 Å². The number of aromatic nitrogens is 4. The molecule has 189 valence electrons. The Bertz CT molecular complexity index is 1430. The molecule has 0 spiro atoms. The van der Waals surface area contributed by atoms with Crippen LogP contribution in [0.25, 0.3) is 22.8 Å². The van der Waals surface area contributed by atoms with Crippen molar-refractivity contribution in [2.45, 2.75) is 20.8 Å². The van der Waals surface area contributed by atoms with Gasteiger partial charge in [-0.3, -0.25) is 19.7 Å². The average Bonchev–Trinajstić information content (AvgIpc) is 2.89. The second-order valence-corrected chi connectivity index (χ2v) is 7.90. The standard InChI is InChI=1S/C12H12N2.C11H10N2.C6H6O3.Ru/c1-9-3-5-13-11(7-9)12-8-10(2)4-6-14-12;1-13-9-5-3-7-11(13)10-6-2-4-8-12-10;1-4-6(8)5(7)2-3-9-4;/h3-8H,1-2H3;2-9H,1H2;2-3,8H,1H3;/q;;;+1.